The number of ether oxygens (including phenoxy) is 16. The van der Waals surface area contributed by atoms with E-state index in [2.05, 4.69) is 0 Å². The number of esters is 3. The first-order chi connectivity index (χ1) is 64.5. The lowest BCUT2D eigenvalue weighted by Crippen LogP contribution is -2.73. The average molecular weight is 1880 g/mol. The molecule has 4 fully saturated rings. The molecule has 0 unspecified atom stereocenters. The second-order valence-corrected chi connectivity index (χ2v) is 41.2. The molecule has 0 aliphatic carbocycles. The number of hydrogen-bond acceptors (Lipinski definition) is 28. The second-order valence-electron chi connectivity index (χ2n) is 36.5. The molecule has 0 bridgehead atoms. The highest BCUT2D eigenvalue weighted by Gasteiger charge is 2.66. The van der Waals surface area contributed by atoms with Gasteiger partial charge in [0.05, 0.1) is 59.5 Å². The molecular weight excluding hydrogens is 1760 g/mol. The molecule has 20 atom stereocenters. The molecule has 4 saturated heterocycles. The Bertz CT molecular complexity index is 5370. The third-order valence-electron chi connectivity index (χ3n) is 26.4. The minimum absolute atomic E-state index is 0.0167. The lowest BCUT2D eigenvalue weighted by atomic mass is 9.91. The number of benzene rings is 6. The molecule has 0 N–H and O–H groups in total. The van der Waals surface area contributed by atoms with Gasteiger partial charge in [0.25, 0.3) is 47.3 Å². The lowest BCUT2D eigenvalue weighted by molar-refractivity contribution is -0.378. The molecule has 0 aromatic heterocycles. The van der Waals surface area contributed by atoms with E-state index in [1.807, 2.05) is 131 Å². The Morgan fingerprint density at radius 3 is 0.763 bits per heavy atom. The molecule has 8 aliphatic rings. The van der Waals surface area contributed by atoms with Gasteiger partial charge in [-0.1, -0.05) is 203 Å². The van der Waals surface area contributed by atoms with Gasteiger partial charge in [0.15, 0.2) is 45.7 Å². The van der Waals surface area contributed by atoms with E-state index >= 15 is 38.4 Å². The van der Waals surface area contributed by atoms with Crippen LogP contribution in [0.25, 0.3) is 0 Å². The van der Waals surface area contributed by atoms with Crippen LogP contribution >= 0.6 is 0 Å². The number of hydrogen-bond donors (Lipinski definition) is 0. The number of rotatable bonds is 37. The van der Waals surface area contributed by atoms with Gasteiger partial charge >= 0.3 is 17.9 Å². The molecule has 8 aliphatic heterocycles. The Kier molecular flexibility index (Phi) is 32.2. The number of nitrogens with zero attached hydrogens (tertiary/aromatic N) is 4. The third-order valence-corrected chi connectivity index (χ3v) is 30.8. The van der Waals surface area contributed by atoms with Crippen molar-refractivity contribution in [3.63, 3.8) is 0 Å². The minimum Gasteiger partial charge on any atom is -0.463 e. The number of carbonyl (C=O) groups excluding carboxylic acids is 11. The molecular formula is C102H118N4O28Si. The van der Waals surface area contributed by atoms with Gasteiger partial charge in [0.2, 0.25) is 0 Å². The fraction of sp³-hybridized carbons (Fsp3) is 0.461. The van der Waals surface area contributed by atoms with Crippen molar-refractivity contribution < 1.29 is 133 Å². The second kappa shape index (κ2) is 43.5. The Labute approximate surface area is 785 Å². The Hall–Kier alpha value is -11.1. The summed E-state index contributed by atoms with van der Waals surface area (Å²) in [5, 5.41) is -0.526. The predicted molar refractivity (Wildman–Crippen MR) is 485 cm³/mol. The van der Waals surface area contributed by atoms with E-state index in [1.165, 1.54) is 41.5 Å². The van der Waals surface area contributed by atoms with Crippen LogP contribution in [0.5, 0.6) is 0 Å². The molecule has 718 valence electrons. The molecule has 6 aromatic rings. The molecule has 8 amide bonds. The van der Waals surface area contributed by atoms with Gasteiger partial charge in [-0.3, -0.25) is 72.3 Å². The molecule has 6 aromatic carbocycles. The van der Waals surface area contributed by atoms with Crippen LogP contribution in [-0.4, -0.2) is 242 Å². The van der Waals surface area contributed by atoms with E-state index in [0.717, 1.165) is 45.9 Å². The van der Waals surface area contributed by atoms with Gasteiger partial charge in [0.1, 0.15) is 91.8 Å². The maximum absolute atomic E-state index is 16.1. The van der Waals surface area contributed by atoms with Crippen molar-refractivity contribution >= 4 is 73.5 Å². The summed E-state index contributed by atoms with van der Waals surface area (Å²) >= 11 is 0. The number of carbonyl (C=O) groups is 11. The summed E-state index contributed by atoms with van der Waals surface area (Å²) in [5.74, 6) is -9.36. The zero-order valence-corrected chi connectivity index (χ0v) is 79.7. The van der Waals surface area contributed by atoms with E-state index < -0.39 is 221 Å². The molecule has 0 radical (unpaired) electrons. The van der Waals surface area contributed by atoms with Gasteiger partial charge in [-0.15, -0.1) is 0 Å². The number of imide groups is 4. The van der Waals surface area contributed by atoms with Crippen LogP contribution in [0.4, 0.5) is 0 Å². The zero-order chi connectivity index (χ0) is 96.6. The van der Waals surface area contributed by atoms with Crippen LogP contribution in [0.15, 0.2) is 227 Å². The quantitative estimate of drug-likeness (QED) is 0.0151. The average Bonchev–Trinajstić information content (AvgIpc) is 0.921. The normalized spacial score (nSPS) is 28.2. The van der Waals surface area contributed by atoms with Crippen molar-refractivity contribution in [1.82, 2.24) is 19.6 Å². The van der Waals surface area contributed by atoms with Crippen molar-refractivity contribution in [1.29, 1.82) is 0 Å². The van der Waals surface area contributed by atoms with Crippen LogP contribution in [0.1, 0.15) is 130 Å². The maximum atomic E-state index is 16.1. The number of amides is 8. The van der Waals surface area contributed by atoms with E-state index in [1.54, 1.807) is 98.8 Å². The van der Waals surface area contributed by atoms with Gasteiger partial charge < -0.3 is 80.2 Å². The Morgan fingerprint density at radius 2 is 0.519 bits per heavy atom. The van der Waals surface area contributed by atoms with Gasteiger partial charge in [0, 0.05) is 65.4 Å². The van der Waals surface area contributed by atoms with Crippen molar-refractivity contribution in [3.8, 4) is 0 Å². The summed E-state index contributed by atoms with van der Waals surface area (Å²) in [5.41, 5.74) is 4.05. The molecule has 32 nitrogen and oxygen atoms in total. The first kappa shape index (κ1) is 99.9. The lowest BCUT2D eigenvalue weighted by Gasteiger charge is -2.55. The summed E-state index contributed by atoms with van der Waals surface area (Å²) in [6.45, 7) is 21.9. The molecule has 0 saturated carbocycles. The van der Waals surface area contributed by atoms with Gasteiger partial charge in [-0.05, 0) is 107 Å². The highest BCUT2D eigenvalue weighted by Crippen LogP contribution is 2.47. The molecule has 0 spiro atoms. The Balaban J connectivity index is 0.991. The van der Waals surface area contributed by atoms with Crippen molar-refractivity contribution in [2.24, 2.45) is 0 Å². The van der Waals surface area contributed by atoms with E-state index in [9.17, 15) is 14.4 Å². The van der Waals surface area contributed by atoms with E-state index in [0.29, 0.717) is 27.8 Å². The summed E-state index contributed by atoms with van der Waals surface area (Å²) in [7, 11) is -3.10. The van der Waals surface area contributed by atoms with Crippen molar-refractivity contribution in [3.05, 3.63) is 260 Å². The standard InChI is InChI=1S/C102H118N4O28Si/c1-57-58(2)91(111)103(90(57)110)78-86(122-50-71-41-29-20-30-42-71)82(74(53-118-47-68-35-23-17-24-36-68)127-99(78)132-84-76(55-120-49-70-39-27-19-28-40-70)130-101(134-135(15,16)102(12,13)14)80(105-94(114)61(5)62(6)95(105)115)88(84)124-52-73-45-33-22-34-46-73)131-98-79(104-92(112)59(3)60(4)93(104)113)87(123-51-72-43-31-21-32-44-72)83(75(128-98)54-119-48-69-37-25-18-26-38-69)133-100-81(106-96(116)63(7)64(8)97(106)117)89(126-67(11)109)85(125-66(10)108)77(129-100)56-121-65(9)107/h17-46,74-89,98-101H,47-56H2,1-16H3/t74-,75-,76-,77-,78-,79-,80-,81-,82-,83-,84-,85-,86-,87-,88-,89-,98+,99+,100+,101+/m1/s1. The van der Waals surface area contributed by atoms with E-state index in [4.69, 9.17) is 80.2 Å². The predicted octanol–water partition coefficient (Wildman–Crippen LogP) is 11.2. The summed E-state index contributed by atoms with van der Waals surface area (Å²) in [6.07, 6.45) is -28.0. The van der Waals surface area contributed by atoms with E-state index in [-0.39, 0.29) is 90.8 Å². The monoisotopic (exact) mass is 1870 g/mol. The van der Waals surface area contributed by atoms with Crippen molar-refractivity contribution in [2.45, 2.75) is 277 Å². The topological polar surface area (TPSA) is 358 Å². The highest BCUT2D eigenvalue weighted by atomic mass is 28.4. The van der Waals surface area contributed by atoms with Crippen LogP contribution < -0.4 is 0 Å². The zero-order valence-electron chi connectivity index (χ0n) is 78.7. The summed E-state index contributed by atoms with van der Waals surface area (Å²) in [4.78, 5) is 169. The largest absolute Gasteiger partial charge is 0.463 e. The van der Waals surface area contributed by atoms with Gasteiger partial charge in [-0.25, -0.2) is 0 Å². The molecule has 135 heavy (non-hydrogen) atoms. The van der Waals surface area contributed by atoms with Crippen LogP contribution in [0, 0.1) is 0 Å². The van der Waals surface area contributed by atoms with Crippen LogP contribution in [-0.2, 0) is 173 Å². The first-order valence-corrected chi connectivity index (χ1v) is 48.2. The highest BCUT2D eigenvalue weighted by molar-refractivity contribution is 6.74. The van der Waals surface area contributed by atoms with Crippen LogP contribution in [0.3, 0.4) is 0 Å². The van der Waals surface area contributed by atoms with Gasteiger partial charge in [-0.2, -0.15) is 0 Å². The first-order valence-electron chi connectivity index (χ1n) is 45.3. The molecule has 8 heterocycles. The summed E-state index contributed by atoms with van der Waals surface area (Å²) in [6, 6.07) is 47.1. The van der Waals surface area contributed by atoms with Crippen molar-refractivity contribution in [2.75, 3.05) is 26.4 Å². The SMILES string of the molecule is CC(=O)OC[C@H]1O[C@@H](O[C@H]2[C@H](OCc3ccccc3)[C@@H](N3C(=O)C(C)=C(C)C3=O)[C@H](O[C@H]3[C@H](OCc4ccccc4)[C@@H](N4C(=O)C(C)=C(C)C4=O)[C@H](O[C@H]4[C@H](OCc5ccccc5)[C@@H](N5C(=O)C(C)=C(C)C5=O)[C@H](O[Si](C)(C)C(C)(C)C)O[C@@H]4COCc4ccccc4)O[C@@H]3COCc3ccccc3)O[C@@H]2COCc2ccccc2)[C@H](N2C(=O)C(C)=C(C)C2=O)[C@@H](OC(C)=O)[C@@H]1OC(C)=O. The fourth-order valence-electron chi connectivity index (χ4n) is 17.6. The third kappa shape index (κ3) is 22.1. The molecule has 33 heteroatoms. The van der Waals surface area contributed by atoms with Crippen LogP contribution in [0.2, 0.25) is 18.1 Å². The minimum atomic E-state index is -3.10. The maximum Gasteiger partial charge on any atom is 0.303 e. The Morgan fingerprint density at radius 1 is 0.296 bits per heavy atom. The molecule has 14 rings (SSSR count). The smallest absolute Gasteiger partial charge is 0.303 e. The summed E-state index contributed by atoms with van der Waals surface area (Å²) < 4.78 is 121. The fourth-order valence-corrected chi connectivity index (χ4v) is 18.7.